The summed E-state index contributed by atoms with van der Waals surface area (Å²) in [5.74, 6) is -0.572. The minimum Gasteiger partial charge on any atom is -0.378 e. The highest BCUT2D eigenvalue weighted by Crippen LogP contribution is 2.42. The molecule has 0 atom stereocenters. The maximum atomic E-state index is 14.8. The molecule has 1 fully saturated rings. The number of benzene rings is 1. The van der Waals surface area contributed by atoms with E-state index in [9.17, 15) is 4.39 Å². The first kappa shape index (κ1) is 16.1. The second-order valence-electron chi connectivity index (χ2n) is 5.91. The summed E-state index contributed by atoms with van der Waals surface area (Å²) in [5.41, 5.74) is 2.61. The fourth-order valence-corrected chi connectivity index (χ4v) is 3.30. The lowest BCUT2D eigenvalue weighted by molar-refractivity contribution is 0.123. The number of aromatic nitrogens is 2. The van der Waals surface area contributed by atoms with Gasteiger partial charge in [0.15, 0.2) is 0 Å². The van der Waals surface area contributed by atoms with Crippen LogP contribution in [0.2, 0.25) is 0 Å². The molecule has 3 heterocycles. The Morgan fingerprint density at radius 2 is 2.12 bits per heavy atom. The molecule has 2 aromatic heterocycles. The third-order valence-corrected chi connectivity index (χ3v) is 4.51. The molecule has 7 heteroatoms. The van der Waals surface area contributed by atoms with Crippen LogP contribution in [0.15, 0.2) is 30.6 Å². The molecule has 1 aliphatic rings. The van der Waals surface area contributed by atoms with Gasteiger partial charge in [-0.3, -0.25) is 0 Å². The highest BCUT2D eigenvalue weighted by atomic mass is 19.1. The van der Waals surface area contributed by atoms with Crippen molar-refractivity contribution >= 4 is 22.4 Å². The van der Waals surface area contributed by atoms with E-state index in [1.165, 1.54) is 12.3 Å². The van der Waals surface area contributed by atoms with E-state index in [4.69, 9.17) is 16.6 Å². The monoisotopic (exact) mass is 347 g/mol. The zero-order valence-corrected chi connectivity index (χ0v) is 13.8. The van der Waals surface area contributed by atoms with Gasteiger partial charge in [0.05, 0.1) is 31.0 Å². The van der Waals surface area contributed by atoms with E-state index in [-0.39, 0.29) is 5.56 Å². The molecule has 0 spiro atoms. The molecule has 1 N–H and O–H groups in total. The van der Waals surface area contributed by atoms with Crippen LogP contribution in [0.1, 0.15) is 5.56 Å². The molecule has 0 unspecified atom stereocenters. The topological polar surface area (TPSA) is 69.3 Å². The van der Waals surface area contributed by atoms with Crippen molar-refractivity contribution in [1.29, 1.82) is 5.26 Å². The minimum atomic E-state index is -0.572. The van der Waals surface area contributed by atoms with Gasteiger partial charge < -0.3 is 14.6 Å². The molecule has 1 aliphatic heterocycles. The Bertz CT molecular complexity index is 1070. The third-order valence-electron chi connectivity index (χ3n) is 4.51. The molecule has 4 rings (SSSR count). The van der Waals surface area contributed by atoms with Gasteiger partial charge in [-0.05, 0) is 6.07 Å². The number of halogens is 1. The summed E-state index contributed by atoms with van der Waals surface area (Å²) in [7, 11) is 0. The van der Waals surface area contributed by atoms with Crippen LogP contribution >= 0.6 is 0 Å². The molecular formula is C19H14FN5O. The number of morpholine rings is 1. The van der Waals surface area contributed by atoms with E-state index in [1.807, 2.05) is 6.07 Å². The van der Waals surface area contributed by atoms with Crippen LogP contribution in [-0.4, -0.2) is 36.3 Å². The van der Waals surface area contributed by atoms with E-state index in [2.05, 4.69) is 19.7 Å². The van der Waals surface area contributed by atoms with E-state index in [1.54, 1.807) is 18.3 Å². The molecule has 128 valence electrons. The molecule has 0 amide bonds. The number of nitrogens with one attached hydrogen (secondary N) is 1. The first-order valence-corrected chi connectivity index (χ1v) is 8.14. The van der Waals surface area contributed by atoms with Gasteiger partial charge in [-0.25, -0.2) is 14.2 Å². The molecule has 1 saturated heterocycles. The van der Waals surface area contributed by atoms with Crippen LogP contribution in [0.3, 0.4) is 0 Å². The van der Waals surface area contributed by atoms with Crippen molar-refractivity contribution in [2.24, 2.45) is 0 Å². The standard InChI is InChI=1S/C19H14FN5O/c1-22-15-11-24-19-16(18(15)25-5-7-26-8-6-25)14(10-23-19)13-4-2-3-12(9-21)17(13)20/h2-4,10-11H,5-8H2,(H,23,24). The molecule has 0 saturated carbocycles. The molecule has 0 bridgehead atoms. The summed E-state index contributed by atoms with van der Waals surface area (Å²) < 4.78 is 20.2. The smallest absolute Gasteiger partial charge is 0.228 e. The Morgan fingerprint density at radius 3 is 2.85 bits per heavy atom. The molecule has 1 aromatic carbocycles. The largest absolute Gasteiger partial charge is 0.378 e. The molecule has 3 aromatic rings. The predicted molar refractivity (Wildman–Crippen MR) is 95.5 cm³/mol. The van der Waals surface area contributed by atoms with Gasteiger partial charge in [-0.2, -0.15) is 5.26 Å². The van der Waals surface area contributed by atoms with Gasteiger partial charge in [0, 0.05) is 42.0 Å². The second kappa shape index (κ2) is 6.47. The normalized spacial score (nSPS) is 14.2. The van der Waals surface area contributed by atoms with Crippen molar-refractivity contribution < 1.29 is 9.13 Å². The van der Waals surface area contributed by atoms with Crippen molar-refractivity contribution in [2.75, 3.05) is 31.2 Å². The molecule has 6 nitrogen and oxygen atoms in total. The zero-order chi connectivity index (χ0) is 18.1. The van der Waals surface area contributed by atoms with Crippen molar-refractivity contribution in [3.8, 4) is 17.2 Å². The summed E-state index contributed by atoms with van der Waals surface area (Å²) >= 11 is 0. The van der Waals surface area contributed by atoms with Crippen LogP contribution in [0.5, 0.6) is 0 Å². The van der Waals surface area contributed by atoms with Crippen LogP contribution in [-0.2, 0) is 4.74 Å². The van der Waals surface area contributed by atoms with E-state index in [0.29, 0.717) is 54.2 Å². The lowest BCUT2D eigenvalue weighted by atomic mass is 10.0. The average molecular weight is 347 g/mol. The maximum Gasteiger partial charge on any atom is 0.228 e. The van der Waals surface area contributed by atoms with E-state index in [0.717, 1.165) is 5.69 Å². The second-order valence-corrected chi connectivity index (χ2v) is 5.91. The lowest BCUT2D eigenvalue weighted by Crippen LogP contribution is -2.36. The number of nitriles is 1. The van der Waals surface area contributed by atoms with Crippen LogP contribution in [0.25, 0.3) is 27.0 Å². The number of nitrogens with zero attached hydrogens (tertiary/aromatic N) is 4. The summed E-state index contributed by atoms with van der Waals surface area (Å²) in [5, 5.41) is 9.81. The Labute approximate surface area is 149 Å². The summed E-state index contributed by atoms with van der Waals surface area (Å²) in [6.07, 6.45) is 3.21. The fraction of sp³-hybridized carbons (Fsp3) is 0.211. The number of aromatic amines is 1. The van der Waals surface area contributed by atoms with Crippen molar-refractivity contribution in [3.05, 3.63) is 53.4 Å². The van der Waals surface area contributed by atoms with Crippen molar-refractivity contribution in [3.63, 3.8) is 0 Å². The molecule has 0 aliphatic carbocycles. The maximum absolute atomic E-state index is 14.8. The Kier molecular flexibility index (Phi) is 4.00. The van der Waals surface area contributed by atoms with Crippen LogP contribution in [0, 0.1) is 23.7 Å². The van der Waals surface area contributed by atoms with Gasteiger partial charge in [-0.1, -0.05) is 12.1 Å². The van der Waals surface area contributed by atoms with Crippen molar-refractivity contribution in [2.45, 2.75) is 0 Å². The highest BCUT2D eigenvalue weighted by molar-refractivity contribution is 6.07. The quantitative estimate of drug-likeness (QED) is 0.719. The first-order valence-electron chi connectivity index (χ1n) is 8.14. The fourth-order valence-electron chi connectivity index (χ4n) is 3.30. The lowest BCUT2D eigenvalue weighted by Gasteiger charge is -2.30. The SMILES string of the molecule is [C-]#[N+]c1cnc2[nH]cc(-c3cccc(C#N)c3F)c2c1N1CCOCC1. The minimum absolute atomic E-state index is 0.0148. The number of hydrogen-bond donors (Lipinski definition) is 1. The van der Waals surface area contributed by atoms with Gasteiger partial charge in [0.2, 0.25) is 5.69 Å². The Hall–Kier alpha value is -3.42. The Morgan fingerprint density at radius 1 is 1.31 bits per heavy atom. The number of anilines is 1. The first-order chi connectivity index (χ1) is 12.7. The third kappa shape index (κ3) is 2.46. The predicted octanol–water partition coefficient (Wildman–Crippen LogP) is 3.63. The number of rotatable bonds is 2. The van der Waals surface area contributed by atoms with E-state index >= 15 is 0 Å². The van der Waals surface area contributed by atoms with Gasteiger partial charge >= 0.3 is 0 Å². The average Bonchev–Trinajstić information content (AvgIpc) is 3.12. The van der Waals surface area contributed by atoms with Crippen molar-refractivity contribution in [1.82, 2.24) is 9.97 Å². The number of hydrogen-bond acceptors (Lipinski definition) is 4. The summed E-state index contributed by atoms with van der Waals surface area (Å²) in [4.78, 5) is 13.1. The number of fused-ring (bicyclic) bond motifs is 1. The van der Waals surface area contributed by atoms with E-state index < -0.39 is 5.82 Å². The number of H-pyrrole nitrogens is 1. The highest BCUT2D eigenvalue weighted by Gasteiger charge is 2.23. The Balaban J connectivity index is 2.01. The number of ether oxygens (including phenoxy) is 1. The van der Waals surface area contributed by atoms with Gasteiger partial charge in [0.1, 0.15) is 17.5 Å². The molecule has 0 radical (unpaired) electrons. The summed E-state index contributed by atoms with van der Waals surface area (Å²) in [6.45, 7) is 9.94. The zero-order valence-electron chi connectivity index (χ0n) is 13.8. The van der Waals surface area contributed by atoms with Crippen LogP contribution in [0.4, 0.5) is 15.8 Å². The van der Waals surface area contributed by atoms with Gasteiger partial charge in [-0.15, -0.1) is 0 Å². The molecule has 26 heavy (non-hydrogen) atoms. The molecular weight excluding hydrogens is 333 g/mol. The summed E-state index contributed by atoms with van der Waals surface area (Å²) in [6, 6.07) is 6.59. The number of pyridine rings is 1. The van der Waals surface area contributed by atoms with Gasteiger partial charge in [0.25, 0.3) is 0 Å². The van der Waals surface area contributed by atoms with Crippen LogP contribution < -0.4 is 4.90 Å².